The second kappa shape index (κ2) is 7.59. The van der Waals surface area contributed by atoms with Crippen LogP contribution in [0.25, 0.3) is 21.3 Å². The summed E-state index contributed by atoms with van der Waals surface area (Å²) in [7, 11) is 2.94. The van der Waals surface area contributed by atoms with Crippen molar-refractivity contribution < 1.29 is 4.79 Å². The number of para-hydroxylation sites is 1. The fourth-order valence-electron chi connectivity index (χ4n) is 3.14. The highest BCUT2D eigenvalue weighted by Gasteiger charge is 2.13. The molecule has 1 aromatic carbocycles. The summed E-state index contributed by atoms with van der Waals surface area (Å²) in [5.41, 5.74) is 0.441. The molecule has 9 heteroatoms. The number of thiazole rings is 1. The van der Waals surface area contributed by atoms with Gasteiger partial charge in [0, 0.05) is 27.1 Å². The molecule has 0 saturated carbocycles. The third-order valence-electron chi connectivity index (χ3n) is 4.73. The first kappa shape index (κ1) is 19.0. The molecule has 0 saturated heterocycles. The maximum Gasteiger partial charge on any atom is 0.332 e. The molecule has 8 nitrogen and oxygen atoms in total. The summed E-state index contributed by atoms with van der Waals surface area (Å²) >= 11 is 1.66. The lowest BCUT2D eigenvalue weighted by atomic mass is 10.2. The molecular weight excluding hydrogens is 390 g/mol. The van der Waals surface area contributed by atoms with E-state index >= 15 is 0 Å². The van der Waals surface area contributed by atoms with Crippen molar-refractivity contribution in [3.8, 4) is 0 Å². The lowest BCUT2D eigenvalue weighted by Gasteiger charge is -2.08. The molecule has 0 aliphatic heterocycles. The quantitative estimate of drug-likeness (QED) is 0.505. The number of hydrogen-bond donors (Lipinski definition) is 1. The van der Waals surface area contributed by atoms with Gasteiger partial charge in [-0.1, -0.05) is 12.1 Å². The number of carbonyl (C=O) groups excluding carboxylic acids is 1. The summed E-state index contributed by atoms with van der Waals surface area (Å²) in [6, 6.07) is 11.0. The van der Waals surface area contributed by atoms with Gasteiger partial charge in [-0.2, -0.15) is 0 Å². The van der Waals surface area contributed by atoms with E-state index in [0.717, 1.165) is 32.6 Å². The lowest BCUT2D eigenvalue weighted by molar-refractivity contribution is 0.0948. The molecule has 1 amide bonds. The van der Waals surface area contributed by atoms with Crippen LogP contribution in [-0.2, 0) is 20.5 Å². The van der Waals surface area contributed by atoms with Crippen LogP contribution in [0.4, 0.5) is 0 Å². The van der Waals surface area contributed by atoms with E-state index in [9.17, 15) is 14.4 Å². The second-order valence-corrected chi connectivity index (χ2v) is 7.82. The van der Waals surface area contributed by atoms with Crippen LogP contribution in [0, 0.1) is 0 Å². The van der Waals surface area contributed by atoms with Crippen molar-refractivity contribution >= 4 is 38.5 Å². The highest BCUT2D eigenvalue weighted by molar-refractivity contribution is 7.18. The van der Waals surface area contributed by atoms with Crippen LogP contribution in [0.5, 0.6) is 0 Å². The van der Waals surface area contributed by atoms with Crippen LogP contribution in [0.1, 0.15) is 21.9 Å². The summed E-state index contributed by atoms with van der Waals surface area (Å²) in [5, 5.41) is 4.16. The van der Waals surface area contributed by atoms with Crippen molar-refractivity contribution in [1.82, 2.24) is 24.4 Å². The SMILES string of the molecule is Cn1c(=O)c2ccc(C(=O)NCCCc3nc4ccccc4s3)nc2n(C)c1=O. The van der Waals surface area contributed by atoms with Crippen LogP contribution >= 0.6 is 11.3 Å². The highest BCUT2D eigenvalue weighted by atomic mass is 32.1. The van der Waals surface area contributed by atoms with Crippen LogP contribution in [-0.4, -0.2) is 31.6 Å². The Morgan fingerprint density at radius 3 is 2.66 bits per heavy atom. The van der Waals surface area contributed by atoms with Crippen LogP contribution in [0.15, 0.2) is 46.0 Å². The maximum absolute atomic E-state index is 12.4. The topological polar surface area (TPSA) is 98.9 Å². The number of aryl methyl sites for hydroxylation is 2. The summed E-state index contributed by atoms with van der Waals surface area (Å²) < 4.78 is 3.44. The number of nitrogens with one attached hydrogen (secondary N) is 1. The zero-order chi connectivity index (χ0) is 20.5. The van der Waals surface area contributed by atoms with Crippen LogP contribution in [0.3, 0.4) is 0 Å². The predicted octanol–water partition coefficient (Wildman–Crippen LogP) is 1.60. The fraction of sp³-hybridized carbons (Fsp3) is 0.250. The average Bonchev–Trinajstić information content (AvgIpc) is 3.16. The Bertz CT molecular complexity index is 1320. The number of hydrogen-bond acceptors (Lipinski definition) is 6. The first-order valence-electron chi connectivity index (χ1n) is 9.15. The van der Waals surface area contributed by atoms with Gasteiger partial charge in [0.2, 0.25) is 0 Å². The van der Waals surface area contributed by atoms with Crippen molar-refractivity contribution in [2.24, 2.45) is 14.1 Å². The van der Waals surface area contributed by atoms with E-state index in [1.54, 1.807) is 11.3 Å². The van der Waals surface area contributed by atoms with Gasteiger partial charge in [-0.05, 0) is 30.7 Å². The molecule has 0 spiro atoms. The van der Waals surface area contributed by atoms with E-state index in [2.05, 4.69) is 15.3 Å². The van der Waals surface area contributed by atoms with Crippen LogP contribution in [0.2, 0.25) is 0 Å². The molecule has 4 rings (SSSR count). The third kappa shape index (κ3) is 3.56. The standard InChI is InChI=1S/C20H19N5O3S/c1-24-17-12(19(27)25(2)20(24)28)9-10-14(23-17)18(26)21-11-5-8-16-22-13-6-3-4-7-15(13)29-16/h3-4,6-7,9-10H,5,8,11H2,1-2H3,(H,21,26). The summed E-state index contributed by atoms with van der Waals surface area (Å²) in [6.07, 6.45) is 1.52. The van der Waals surface area contributed by atoms with E-state index in [1.807, 2.05) is 24.3 Å². The Morgan fingerprint density at radius 1 is 1.07 bits per heavy atom. The largest absolute Gasteiger partial charge is 0.351 e. The number of pyridine rings is 1. The number of rotatable bonds is 5. The summed E-state index contributed by atoms with van der Waals surface area (Å²) in [5.74, 6) is -0.343. The molecule has 0 radical (unpaired) electrons. The van der Waals surface area contributed by atoms with Gasteiger partial charge in [-0.15, -0.1) is 11.3 Å². The van der Waals surface area contributed by atoms with Gasteiger partial charge in [-0.3, -0.25) is 18.7 Å². The molecule has 4 aromatic rings. The molecule has 0 fully saturated rings. The molecule has 3 heterocycles. The fourth-order valence-corrected chi connectivity index (χ4v) is 4.15. The number of aromatic nitrogens is 4. The normalized spacial score (nSPS) is 11.2. The summed E-state index contributed by atoms with van der Waals surface area (Å²) in [6.45, 7) is 0.476. The minimum absolute atomic E-state index is 0.167. The molecule has 3 aromatic heterocycles. The number of amides is 1. The molecule has 0 atom stereocenters. The van der Waals surface area contributed by atoms with E-state index in [0.29, 0.717) is 11.9 Å². The van der Waals surface area contributed by atoms with E-state index in [-0.39, 0.29) is 17.2 Å². The lowest BCUT2D eigenvalue weighted by Crippen LogP contribution is -2.37. The van der Waals surface area contributed by atoms with E-state index < -0.39 is 11.2 Å². The van der Waals surface area contributed by atoms with Crippen molar-refractivity contribution in [3.05, 3.63) is 67.9 Å². The Kier molecular flexibility index (Phi) is 4.98. The first-order valence-corrected chi connectivity index (χ1v) is 9.97. The minimum atomic E-state index is -0.483. The Labute approximate surface area is 169 Å². The number of carbonyl (C=O) groups is 1. The van der Waals surface area contributed by atoms with Gasteiger partial charge in [0.15, 0.2) is 0 Å². The van der Waals surface area contributed by atoms with Crippen molar-refractivity contribution in [2.75, 3.05) is 6.54 Å². The molecule has 0 aliphatic carbocycles. The minimum Gasteiger partial charge on any atom is -0.351 e. The summed E-state index contributed by atoms with van der Waals surface area (Å²) in [4.78, 5) is 45.5. The zero-order valence-electron chi connectivity index (χ0n) is 16.0. The van der Waals surface area contributed by atoms with Gasteiger partial charge < -0.3 is 5.32 Å². The molecule has 1 N–H and O–H groups in total. The van der Waals surface area contributed by atoms with Gasteiger partial charge in [0.05, 0.1) is 20.6 Å². The molecular formula is C20H19N5O3S. The average molecular weight is 409 g/mol. The van der Waals surface area contributed by atoms with E-state index in [1.165, 1.54) is 30.8 Å². The Morgan fingerprint density at radius 2 is 1.86 bits per heavy atom. The molecule has 0 unspecified atom stereocenters. The third-order valence-corrected chi connectivity index (χ3v) is 5.82. The smallest absolute Gasteiger partial charge is 0.332 e. The van der Waals surface area contributed by atoms with Crippen LogP contribution < -0.4 is 16.6 Å². The monoisotopic (exact) mass is 409 g/mol. The molecule has 0 bridgehead atoms. The van der Waals surface area contributed by atoms with Crippen molar-refractivity contribution in [3.63, 3.8) is 0 Å². The first-order chi connectivity index (χ1) is 14.0. The number of fused-ring (bicyclic) bond motifs is 2. The molecule has 148 valence electrons. The predicted molar refractivity (Wildman–Crippen MR) is 112 cm³/mol. The van der Waals surface area contributed by atoms with Gasteiger partial charge in [-0.25, -0.2) is 14.8 Å². The Hall–Kier alpha value is -3.33. The molecule has 29 heavy (non-hydrogen) atoms. The second-order valence-electron chi connectivity index (χ2n) is 6.71. The number of benzene rings is 1. The van der Waals surface area contributed by atoms with Gasteiger partial charge in [0.25, 0.3) is 11.5 Å². The maximum atomic E-state index is 12.4. The van der Waals surface area contributed by atoms with Crippen molar-refractivity contribution in [2.45, 2.75) is 12.8 Å². The highest BCUT2D eigenvalue weighted by Crippen LogP contribution is 2.22. The van der Waals surface area contributed by atoms with E-state index in [4.69, 9.17) is 0 Å². The Balaban J connectivity index is 1.43. The number of nitrogens with zero attached hydrogens (tertiary/aromatic N) is 4. The van der Waals surface area contributed by atoms with Gasteiger partial charge in [0.1, 0.15) is 11.3 Å². The van der Waals surface area contributed by atoms with Crippen molar-refractivity contribution in [1.29, 1.82) is 0 Å². The zero-order valence-corrected chi connectivity index (χ0v) is 16.8. The van der Waals surface area contributed by atoms with Gasteiger partial charge >= 0.3 is 5.69 Å². The molecule has 0 aliphatic rings.